The average Bonchev–Trinajstić information content (AvgIpc) is 3.39. The molecule has 3 aromatic rings. The maximum Gasteiger partial charge on any atom is 0.303 e. The molecule has 184 valence electrons. The minimum absolute atomic E-state index is 0.142. The molecule has 0 unspecified atom stereocenters. The molecule has 1 N–H and O–H groups in total. The summed E-state index contributed by atoms with van der Waals surface area (Å²) in [6.45, 7) is 2.38. The average molecular weight is 495 g/mol. The van der Waals surface area contributed by atoms with E-state index < -0.39 is 12.1 Å². The van der Waals surface area contributed by atoms with Crippen LogP contribution in [0, 0.1) is 23.7 Å². The molecule has 35 heavy (non-hydrogen) atoms. The van der Waals surface area contributed by atoms with Crippen molar-refractivity contribution in [1.29, 1.82) is 0 Å². The van der Waals surface area contributed by atoms with E-state index in [2.05, 4.69) is 21.7 Å². The topological polar surface area (TPSA) is 62.7 Å². The Morgan fingerprint density at radius 1 is 1.31 bits per heavy atom. The highest BCUT2D eigenvalue weighted by atomic mass is 32.1. The number of ether oxygens (including phenoxy) is 1. The Hall–Kier alpha value is -2.95. The number of carbonyl (C=O) groups is 1. The number of alkyl halides is 1. The number of thiophene rings is 1. The summed E-state index contributed by atoms with van der Waals surface area (Å²) in [5.74, 6) is 6.87. The van der Waals surface area contributed by atoms with E-state index in [1.54, 1.807) is 30.7 Å². The van der Waals surface area contributed by atoms with Gasteiger partial charge in [0, 0.05) is 35.5 Å². The van der Waals surface area contributed by atoms with Gasteiger partial charge in [0.05, 0.1) is 19.2 Å². The fourth-order valence-corrected chi connectivity index (χ4v) is 5.56. The number of carboxylic acids is 1. The summed E-state index contributed by atoms with van der Waals surface area (Å²) in [4.78, 5) is 17.9. The van der Waals surface area contributed by atoms with E-state index in [0.717, 1.165) is 42.4 Å². The lowest BCUT2D eigenvalue weighted by atomic mass is 9.79. The van der Waals surface area contributed by atoms with E-state index in [1.165, 1.54) is 0 Å². The normalized spacial score (nSPS) is 19.1. The van der Waals surface area contributed by atoms with Gasteiger partial charge in [0.1, 0.15) is 11.9 Å². The quantitative estimate of drug-likeness (QED) is 0.373. The number of pyridine rings is 1. The van der Waals surface area contributed by atoms with Crippen LogP contribution in [0.4, 0.5) is 4.39 Å². The summed E-state index contributed by atoms with van der Waals surface area (Å²) in [6.07, 6.45) is 3.37. The molecule has 1 aliphatic rings. The first-order valence-corrected chi connectivity index (χ1v) is 13.0. The fourth-order valence-electron chi connectivity index (χ4n) is 4.97. The van der Waals surface area contributed by atoms with Crippen LogP contribution in [0.5, 0.6) is 5.75 Å². The number of hydrogen-bond acceptors (Lipinski definition) is 5. The summed E-state index contributed by atoms with van der Waals surface area (Å²) in [5.41, 5.74) is 2.42. The number of halogens is 1. The Kier molecular flexibility index (Phi) is 8.73. The molecule has 5 nitrogen and oxygen atoms in total. The zero-order valence-electron chi connectivity index (χ0n) is 20.0. The zero-order chi connectivity index (χ0) is 24.6. The van der Waals surface area contributed by atoms with E-state index in [0.29, 0.717) is 36.6 Å². The number of aromatic nitrogens is 1. The zero-order valence-corrected chi connectivity index (χ0v) is 20.8. The van der Waals surface area contributed by atoms with Gasteiger partial charge >= 0.3 is 5.97 Å². The molecule has 1 aliphatic heterocycles. The number of carboxylic acid groups (broad SMARTS) is 1. The van der Waals surface area contributed by atoms with Crippen LogP contribution in [-0.2, 0) is 4.79 Å². The van der Waals surface area contributed by atoms with Crippen LogP contribution in [0.25, 0.3) is 10.9 Å². The number of piperidine rings is 1. The molecule has 1 saturated heterocycles. The van der Waals surface area contributed by atoms with E-state index in [1.807, 2.05) is 35.0 Å². The Morgan fingerprint density at radius 2 is 2.20 bits per heavy atom. The van der Waals surface area contributed by atoms with Crippen molar-refractivity contribution in [2.24, 2.45) is 11.8 Å². The maximum absolute atomic E-state index is 15.5. The maximum atomic E-state index is 15.5. The molecule has 2 aromatic heterocycles. The van der Waals surface area contributed by atoms with Crippen molar-refractivity contribution in [2.75, 3.05) is 26.7 Å². The van der Waals surface area contributed by atoms with Gasteiger partial charge in [0.15, 0.2) is 0 Å². The van der Waals surface area contributed by atoms with Crippen LogP contribution in [0.3, 0.4) is 0 Å². The first-order chi connectivity index (χ1) is 17.0. The number of hydrogen-bond donors (Lipinski definition) is 1. The Bertz CT molecular complexity index is 1190. The molecule has 3 atom stereocenters. The van der Waals surface area contributed by atoms with Gasteiger partial charge in [-0.25, -0.2) is 4.39 Å². The molecule has 0 radical (unpaired) electrons. The molecule has 0 aliphatic carbocycles. The minimum Gasteiger partial charge on any atom is -0.497 e. The van der Waals surface area contributed by atoms with Gasteiger partial charge in [-0.3, -0.25) is 14.7 Å². The highest BCUT2D eigenvalue weighted by molar-refractivity contribution is 7.08. The van der Waals surface area contributed by atoms with Crippen LogP contribution in [0.1, 0.15) is 49.4 Å². The second kappa shape index (κ2) is 12.1. The van der Waals surface area contributed by atoms with E-state index >= 15 is 4.39 Å². The van der Waals surface area contributed by atoms with Gasteiger partial charge in [-0.15, -0.1) is 0 Å². The molecule has 0 spiro atoms. The number of benzene rings is 1. The van der Waals surface area contributed by atoms with Crippen molar-refractivity contribution >= 4 is 28.2 Å². The summed E-state index contributed by atoms with van der Waals surface area (Å²) in [7, 11) is 1.60. The van der Waals surface area contributed by atoms with Gasteiger partial charge in [-0.2, -0.15) is 11.3 Å². The summed E-state index contributed by atoms with van der Waals surface area (Å²) < 4.78 is 20.8. The van der Waals surface area contributed by atoms with E-state index in [4.69, 9.17) is 4.74 Å². The number of fused-ring (bicyclic) bond motifs is 1. The largest absolute Gasteiger partial charge is 0.497 e. The predicted octanol–water partition coefficient (Wildman–Crippen LogP) is 5.95. The van der Waals surface area contributed by atoms with Crippen LogP contribution in [0.15, 0.2) is 47.3 Å². The molecule has 1 aromatic carbocycles. The molecule has 0 bridgehead atoms. The van der Waals surface area contributed by atoms with Gasteiger partial charge < -0.3 is 9.84 Å². The first kappa shape index (κ1) is 25.2. The summed E-state index contributed by atoms with van der Waals surface area (Å²) in [5, 5.41) is 14.1. The van der Waals surface area contributed by atoms with Crippen molar-refractivity contribution in [3.63, 3.8) is 0 Å². The lowest BCUT2D eigenvalue weighted by Gasteiger charge is -2.38. The van der Waals surface area contributed by atoms with Gasteiger partial charge in [-0.1, -0.05) is 11.8 Å². The Labute approximate surface area is 209 Å². The highest BCUT2D eigenvalue weighted by Crippen LogP contribution is 2.36. The highest BCUT2D eigenvalue weighted by Gasteiger charge is 2.30. The van der Waals surface area contributed by atoms with Crippen molar-refractivity contribution in [1.82, 2.24) is 9.88 Å². The SMILES string of the molecule is COc1ccc2nccc([C@H](F)CC[C@@H]3CCN(CC#Cc4ccsc4)C[C@H]3CCC(=O)O)c2c1. The Morgan fingerprint density at radius 3 is 2.97 bits per heavy atom. The molecular formula is C28H31FN2O3S. The molecule has 1 fully saturated rings. The first-order valence-electron chi connectivity index (χ1n) is 12.1. The lowest BCUT2D eigenvalue weighted by molar-refractivity contribution is -0.137. The fraction of sp³-hybridized carbons (Fsp3) is 0.429. The third kappa shape index (κ3) is 6.81. The van der Waals surface area contributed by atoms with Crippen LogP contribution >= 0.6 is 11.3 Å². The number of methoxy groups -OCH3 is 1. The second-order valence-corrected chi connectivity index (χ2v) is 9.90. The second-order valence-electron chi connectivity index (χ2n) is 9.12. The summed E-state index contributed by atoms with van der Waals surface area (Å²) >= 11 is 1.63. The molecule has 7 heteroatoms. The third-order valence-corrected chi connectivity index (χ3v) is 7.56. The standard InChI is InChI=1S/C28H31FN2O3S/c1-34-23-6-8-27-25(17-23)24(10-13-30-27)26(29)7-4-21-11-15-31(18-22(21)5-9-28(32)33)14-2-3-20-12-16-35-19-20/h6,8,10,12-13,16-17,19,21-22,26H,4-5,7,9,11,14-15,18H2,1H3,(H,32,33)/t21-,22-,26-/m1/s1. The van der Waals surface area contributed by atoms with Crippen molar-refractivity contribution in [3.05, 3.63) is 58.4 Å². The predicted molar refractivity (Wildman–Crippen MR) is 137 cm³/mol. The number of nitrogens with zero attached hydrogens (tertiary/aromatic N) is 2. The van der Waals surface area contributed by atoms with Crippen LogP contribution < -0.4 is 4.74 Å². The van der Waals surface area contributed by atoms with Gasteiger partial charge in [0.25, 0.3) is 0 Å². The number of aliphatic carboxylic acids is 1. The molecule has 3 heterocycles. The molecule has 4 rings (SSSR count). The molecular weight excluding hydrogens is 463 g/mol. The molecule has 0 saturated carbocycles. The van der Waals surface area contributed by atoms with Gasteiger partial charge in [0.2, 0.25) is 0 Å². The summed E-state index contributed by atoms with van der Waals surface area (Å²) in [6, 6.07) is 9.29. The van der Waals surface area contributed by atoms with Crippen molar-refractivity contribution in [2.45, 2.75) is 38.3 Å². The number of likely N-dealkylation sites (tertiary alicyclic amines) is 1. The van der Waals surface area contributed by atoms with Crippen molar-refractivity contribution in [3.8, 4) is 17.6 Å². The van der Waals surface area contributed by atoms with Crippen LogP contribution in [0.2, 0.25) is 0 Å². The molecule has 0 amide bonds. The van der Waals surface area contributed by atoms with Gasteiger partial charge in [-0.05, 0) is 85.3 Å². The monoisotopic (exact) mass is 494 g/mol. The van der Waals surface area contributed by atoms with Crippen molar-refractivity contribution < 1.29 is 19.0 Å². The lowest BCUT2D eigenvalue weighted by Crippen LogP contribution is -2.41. The third-order valence-electron chi connectivity index (χ3n) is 6.87. The smallest absolute Gasteiger partial charge is 0.303 e. The number of rotatable bonds is 9. The van der Waals surface area contributed by atoms with E-state index in [-0.39, 0.29) is 12.3 Å². The van der Waals surface area contributed by atoms with E-state index in [9.17, 15) is 9.90 Å². The minimum atomic E-state index is -1.11. The van der Waals surface area contributed by atoms with Crippen LogP contribution in [-0.4, -0.2) is 47.7 Å². The Balaban J connectivity index is 1.39.